The molecule has 1 aliphatic heterocycles. The van der Waals surface area contributed by atoms with Crippen molar-refractivity contribution in [3.8, 4) is 0 Å². The summed E-state index contributed by atoms with van der Waals surface area (Å²) in [4.78, 5) is 70.1. The maximum absolute atomic E-state index is 14.2. The summed E-state index contributed by atoms with van der Waals surface area (Å²) in [5.74, 6) is -3.34. The van der Waals surface area contributed by atoms with Crippen LogP contribution in [0, 0.1) is 17.8 Å². The number of likely N-dealkylation sites (N-methyl/N-ethyl adjacent to an activating group) is 2. The Morgan fingerprint density at radius 2 is 1.64 bits per heavy atom. The van der Waals surface area contributed by atoms with E-state index >= 15 is 0 Å². The number of methoxy groups -OCH3 is 3. The Kier molecular flexibility index (Phi) is 18.4. The van der Waals surface area contributed by atoms with Crippen LogP contribution in [0.3, 0.4) is 0 Å². The molecule has 0 saturated carbocycles. The van der Waals surface area contributed by atoms with Crippen LogP contribution in [0.15, 0.2) is 30.3 Å². The molecule has 1 aliphatic rings. The SMILES string of the molecule is CCC(C)C([C@@H](CC(=O)N1CCCC[C@H]1[C@H](OC)[C@H](C(=O)NCCc1ccccc1)C(=O)OC)OC)N(C)C(=O)CNC(=O)C(NC)C(C)C. The van der Waals surface area contributed by atoms with Gasteiger partial charge in [-0.25, -0.2) is 0 Å². The Morgan fingerprint density at radius 1 is 0.960 bits per heavy atom. The van der Waals surface area contributed by atoms with Crippen molar-refractivity contribution in [1.29, 1.82) is 0 Å². The van der Waals surface area contributed by atoms with Gasteiger partial charge >= 0.3 is 5.97 Å². The van der Waals surface area contributed by atoms with Gasteiger partial charge in [0.2, 0.25) is 23.6 Å². The van der Waals surface area contributed by atoms with Crippen LogP contribution >= 0.6 is 0 Å². The van der Waals surface area contributed by atoms with Crippen LogP contribution < -0.4 is 16.0 Å². The number of piperidine rings is 1. The van der Waals surface area contributed by atoms with Gasteiger partial charge < -0.3 is 40.0 Å². The summed E-state index contributed by atoms with van der Waals surface area (Å²) in [5.41, 5.74) is 1.05. The maximum Gasteiger partial charge on any atom is 0.321 e. The Labute approximate surface area is 298 Å². The third-order valence-electron chi connectivity index (χ3n) is 9.94. The predicted molar refractivity (Wildman–Crippen MR) is 191 cm³/mol. The van der Waals surface area contributed by atoms with E-state index in [9.17, 15) is 24.0 Å². The van der Waals surface area contributed by atoms with Crippen molar-refractivity contribution in [2.75, 3.05) is 55.1 Å². The molecule has 1 fully saturated rings. The number of hydrogen-bond donors (Lipinski definition) is 3. The molecule has 3 N–H and O–H groups in total. The van der Waals surface area contributed by atoms with Gasteiger partial charge in [0.05, 0.1) is 50.4 Å². The van der Waals surface area contributed by atoms with Crippen molar-refractivity contribution in [2.24, 2.45) is 17.8 Å². The van der Waals surface area contributed by atoms with Crippen molar-refractivity contribution in [3.63, 3.8) is 0 Å². The first-order chi connectivity index (χ1) is 23.9. The van der Waals surface area contributed by atoms with Gasteiger partial charge in [-0.3, -0.25) is 24.0 Å². The van der Waals surface area contributed by atoms with Gasteiger partial charge in [0.1, 0.15) is 0 Å². The molecule has 0 aromatic heterocycles. The van der Waals surface area contributed by atoms with Gasteiger partial charge in [-0.05, 0) is 50.1 Å². The minimum atomic E-state index is -1.29. The number of likely N-dealkylation sites (tertiary alicyclic amines) is 1. The zero-order valence-electron chi connectivity index (χ0n) is 31.5. The fraction of sp³-hybridized carbons (Fsp3) is 0.703. The van der Waals surface area contributed by atoms with Crippen molar-refractivity contribution >= 4 is 29.6 Å². The average Bonchev–Trinajstić information content (AvgIpc) is 3.12. The molecule has 1 aromatic rings. The molecule has 2 rings (SSSR count). The fourth-order valence-electron chi connectivity index (χ4n) is 6.93. The first kappa shape index (κ1) is 42.6. The van der Waals surface area contributed by atoms with E-state index in [-0.39, 0.29) is 42.5 Å². The van der Waals surface area contributed by atoms with Gasteiger partial charge in [0, 0.05) is 34.4 Å². The van der Waals surface area contributed by atoms with Gasteiger partial charge in [0.25, 0.3) is 0 Å². The van der Waals surface area contributed by atoms with Crippen molar-refractivity contribution in [2.45, 2.75) is 96.6 Å². The van der Waals surface area contributed by atoms with Gasteiger partial charge in [0.15, 0.2) is 5.92 Å². The predicted octanol–water partition coefficient (Wildman–Crippen LogP) is 2.17. The maximum atomic E-state index is 14.2. The summed E-state index contributed by atoms with van der Waals surface area (Å²) in [6, 6.07) is 8.22. The van der Waals surface area contributed by atoms with Crippen molar-refractivity contribution < 1.29 is 38.2 Å². The number of nitrogens with zero attached hydrogens (tertiary/aromatic N) is 2. The van der Waals surface area contributed by atoms with E-state index in [2.05, 4.69) is 16.0 Å². The summed E-state index contributed by atoms with van der Waals surface area (Å²) >= 11 is 0. The van der Waals surface area contributed by atoms with Crippen LogP contribution in [-0.2, 0) is 44.6 Å². The lowest BCUT2D eigenvalue weighted by atomic mass is 9.87. The molecule has 13 heteroatoms. The van der Waals surface area contributed by atoms with Crippen LogP contribution in [0.4, 0.5) is 0 Å². The molecule has 50 heavy (non-hydrogen) atoms. The van der Waals surface area contributed by atoms with E-state index in [0.717, 1.165) is 24.8 Å². The number of amides is 4. The number of nitrogens with one attached hydrogen (secondary N) is 3. The molecule has 0 bridgehead atoms. The summed E-state index contributed by atoms with van der Waals surface area (Å²) < 4.78 is 16.8. The summed E-state index contributed by atoms with van der Waals surface area (Å²) in [6.45, 7) is 8.40. The minimum absolute atomic E-state index is 0.0368. The molecule has 1 saturated heterocycles. The highest BCUT2D eigenvalue weighted by Crippen LogP contribution is 2.29. The van der Waals surface area contributed by atoms with E-state index in [1.165, 1.54) is 21.3 Å². The van der Waals surface area contributed by atoms with Crippen LogP contribution in [-0.4, -0.2) is 125 Å². The van der Waals surface area contributed by atoms with Crippen LogP contribution in [0.25, 0.3) is 0 Å². The van der Waals surface area contributed by atoms with Gasteiger partial charge in [-0.1, -0.05) is 64.4 Å². The molecule has 13 nitrogen and oxygen atoms in total. The molecule has 3 unspecified atom stereocenters. The van der Waals surface area contributed by atoms with Gasteiger partial charge in [-0.2, -0.15) is 0 Å². The zero-order valence-corrected chi connectivity index (χ0v) is 31.5. The quantitative estimate of drug-likeness (QED) is 0.137. The Bertz CT molecular complexity index is 1230. The third kappa shape index (κ3) is 11.8. The number of rotatable bonds is 20. The van der Waals surface area contributed by atoms with Crippen LogP contribution in [0.2, 0.25) is 0 Å². The standard InChI is InChI=1S/C37H61N5O8/c1-10-25(4)33(41(6)30(44)23-40-36(46)32(38-5)24(2)3)28(48-7)22-29(43)42-21-15-14-18-27(42)34(49-8)31(37(47)50-9)35(45)39-20-19-26-16-12-11-13-17-26/h11-13,16-17,24-25,27-28,31-34,38H,10,14-15,18-23H2,1-9H3,(H,39,45)(H,40,46)/t25?,27-,28+,31+,32?,33?,34-/m0/s1. The summed E-state index contributed by atoms with van der Waals surface area (Å²) in [5, 5.41) is 8.59. The number of hydrogen-bond acceptors (Lipinski definition) is 9. The van der Waals surface area contributed by atoms with Crippen molar-refractivity contribution in [1.82, 2.24) is 25.8 Å². The first-order valence-corrected chi connectivity index (χ1v) is 17.8. The van der Waals surface area contributed by atoms with E-state index in [1.54, 1.807) is 23.9 Å². The van der Waals surface area contributed by atoms with E-state index in [1.807, 2.05) is 58.0 Å². The molecular formula is C37H61N5O8. The number of carbonyl (C=O) groups is 5. The lowest BCUT2D eigenvalue weighted by Gasteiger charge is -2.43. The average molecular weight is 704 g/mol. The topological polar surface area (TPSA) is 156 Å². The largest absolute Gasteiger partial charge is 0.468 e. The highest BCUT2D eigenvalue weighted by Gasteiger charge is 2.45. The van der Waals surface area contributed by atoms with E-state index in [0.29, 0.717) is 25.9 Å². The third-order valence-corrected chi connectivity index (χ3v) is 9.94. The normalized spacial score (nSPS) is 18.3. The first-order valence-electron chi connectivity index (χ1n) is 17.8. The Hall–Kier alpha value is -3.55. The minimum Gasteiger partial charge on any atom is -0.468 e. The fourth-order valence-corrected chi connectivity index (χ4v) is 6.93. The zero-order chi connectivity index (χ0) is 37.4. The second kappa shape index (κ2) is 21.6. The second-order valence-corrected chi connectivity index (χ2v) is 13.5. The van der Waals surface area contributed by atoms with E-state index in [4.69, 9.17) is 14.2 Å². The molecule has 7 atom stereocenters. The van der Waals surface area contributed by atoms with Crippen LogP contribution in [0.1, 0.15) is 65.4 Å². The smallest absolute Gasteiger partial charge is 0.321 e. The number of ether oxygens (including phenoxy) is 3. The second-order valence-electron chi connectivity index (χ2n) is 13.5. The highest BCUT2D eigenvalue weighted by atomic mass is 16.5. The summed E-state index contributed by atoms with van der Waals surface area (Å²) in [6.07, 6.45) is 1.72. The molecule has 0 aliphatic carbocycles. The summed E-state index contributed by atoms with van der Waals surface area (Å²) in [7, 11) is 7.56. The number of carbonyl (C=O) groups excluding carboxylic acids is 5. The number of benzene rings is 1. The molecule has 4 amide bonds. The van der Waals surface area contributed by atoms with Gasteiger partial charge in [-0.15, -0.1) is 0 Å². The molecule has 0 spiro atoms. The number of esters is 1. The Balaban J connectivity index is 2.25. The highest BCUT2D eigenvalue weighted by molar-refractivity contribution is 5.98. The molecular weight excluding hydrogens is 642 g/mol. The molecule has 0 radical (unpaired) electrons. The monoisotopic (exact) mass is 703 g/mol. The lowest BCUT2D eigenvalue weighted by molar-refractivity contribution is -0.163. The molecule has 1 heterocycles. The van der Waals surface area contributed by atoms with E-state index < -0.39 is 48.1 Å². The van der Waals surface area contributed by atoms with Crippen molar-refractivity contribution in [3.05, 3.63) is 35.9 Å². The molecule has 1 aromatic carbocycles. The Morgan fingerprint density at radius 3 is 2.20 bits per heavy atom. The van der Waals surface area contributed by atoms with Crippen LogP contribution in [0.5, 0.6) is 0 Å². The lowest BCUT2D eigenvalue weighted by Crippen LogP contribution is -2.58. The molecule has 282 valence electrons.